The molecule has 2 heterocycles. The zero-order chi connectivity index (χ0) is 14.5. The molecule has 1 fully saturated rings. The number of fused-ring (bicyclic) bond motifs is 1. The Hall–Kier alpha value is -1.72. The molecular weight excluding hydrogens is 271 g/mol. The van der Waals surface area contributed by atoms with Gasteiger partial charge in [-0.3, -0.25) is 4.98 Å². The van der Waals surface area contributed by atoms with E-state index in [2.05, 4.69) is 10.3 Å². The van der Waals surface area contributed by atoms with Gasteiger partial charge in [-0.2, -0.15) is 0 Å². The third-order valence-corrected chi connectivity index (χ3v) is 3.59. The van der Waals surface area contributed by atoms with Crippen LogP contribution in [0.5, 0.6) is 0 Å². The molecule has 1 atom stereocenters. The second-order valence-corrected chi connectivity index (χ2v) is 5.16. The fourth-order valence-electron chi connectivity index (χ4n) is 2.52. The lowest BCUT2D eigenvalue weighted by Gasteiger charge is -2.12. The van der Waals surface area contributed by atoms with Crippen molar-refractivity contribution >= 4 is 16.6 Å². The van der Waals surface area contributed by atoms with E-state index in [0.29, 0.717) is 25.3 Å². The van der Waals surface area contributed by atoms with Crippen molar-refractivity contribution in [2.24, 2.45) is 0 Å². The highest BCUT2D eigenvalue weighted by molar-refractivity contribution is 5.90. The van der Waals surface area contributed by atoms with E-state index in [1.54, 1.807) is 12.3 Å². The molecule has 0 amide bonds. The average Bonchev–Trinajstić information content (AvgIpc) is 3.00. The van der Waals surface area contributed by atoms with Gasteiger partial charge in [0, 0.05) is 36.5 Å². The maximum Gasteiger partial charge on any atom is 0.125 e. The van der Waals surface area contributed by atoms with Gasteiger partial charge in [-0.05, 0) is 31.0 Å². The summed E-state index contributed by atoms with van der Waals surface area (Å²) in [6, 6.07) is 6.52. The summed E-state index contributed by atoms with van der Waals surface area (Å²) in [7, 11) is 0. The smallest absolute Gasteiger partial charge is 0.125 e. The monoisotopic (exact) mass is 290 g/mol. The molecule has 3 rings (SSSR count). The van der Waals surface area contributed by atoms with Gasteiger partial charge in [0.05, 0.1) is 24.8 Å². The van der Waals surface area contributed by atoms with Gasteiger partial charge in [-0.25, -0.2) is 4.39 Å². The molecule has 1 aliphatic heterocycles. The van der Waals surface area contributed by atoms with Crippen LogP contribution in [-0.4, -0.2) is 37.5 Å². The van der Waals surface area contributed by atoms with Crippen LogP contribution in [-0.2, 0) is 9.47 Å². The summed E-state index contributed by atoms with van der Waals surface area (Å²) < 4.78 is 24.3. The van der Waals surface area contributed by atoms with E-state index >= 15 is 0 Å². The summed E-state index contributed by atoms with van der Waals surface area (Å²) in [5, 5.41) is 4.22. The molecule has 1 unspecified atom stereocenters. The maximum atomic E-state index is 13.2. The highest BCUT2D eigenvalue weighted by Crippen LogP contribution is 2.21. The van der Waals surface area contributed by atoms with Gasteiger partial charge >= 0.3 is 0 Å². The van der Waals surface area contributed by atoms with Crippen LogP contribution in [0.4, 0.5) is 10.1 Å². The molecule has 1 saturated heterocycles. The predicted molar refractivity (Wildman–Crippen MR) is 80.0 cm³/mol. The molecule has 1 aliphatic rings. The van der Waals surface area contributed by atoms with Crippen LogP contribution in [0.15, 0.2) is 30.5 Å². The van der Waals surface area contributed by atoms with E-state index in [0.717, 1.165) is 30.5 Å². The normalized spacial score (nSPS) is 18.2. The molecule has 21 heavy (non-hydrogen) atoms. The molecule has 0 saturated carbocycles. The third-order valence-electron chi connectivity index (χ3n) is 3.59. The Morgan fingerprint density at radius 3 is 3.19 bits per heavy atom. The molecule has 1 N–H and O–H groups in total. The molecule has 4 nitrogen and oxygen atoms in total. The van der Waals surface area contributed by atoms with Crippen LogP contribution in [0, 0.1) is 5.82 Å². The summed E-state index contributed by atoms with van der Waals surface area (Å²) in [5.41, 5.74) is 1.60. The average molecular weight is 290 g/mol. The van der Waals surface area contributed by atoms with Crippen LogP contribution >= 0.6 is 0 Å². The van der Waals surface area contributed by atoms with Gasteiger partial charge < -0.3 is 14.8 Å². The van der Waals surface area contributed by atoms with Crippen LogP contribution < -0.4 is 5.32 Å². The Bertz CT molecular complexity index is 600. The zero-order valence-corrected chi connectivity index (χ0v) is 11.8. The number of nitrogens with one attached hydrogen (secondary N) is 1. The molecule has 5 heteroatoms. The molecule has 112 valence electrons. The van der Waals surface area contributed by atoms with Crippen molar-refractivity contribution < 1.29 is 13.9 Å². The predicted octanol–water partition coefficient (Wildman–Crippen LogP) is 2.98. The van der Waals surface area contributed by atoms with Crippen LogP contribution in [0.3, 0.4) is 0 Å². The highest BCUT2D eigenvalue weighted by Gasteiger charge is 2.14. The van der Waals surface area contributed by atoms with Gasteiger partial charge in [-0.1, -0.05) is 0 Å². The van der Waals surface area contributed by atoms with E-state index in [9.17, 15) is 4.39 Å². The van der Waals surface area contributed by atoms with Gasteiger partial charge in [0.2, 0.25) is 0 Å². The summed E-state index contributed by atoms with van der Waals surface area (Å²) in [5.74, 6) is -0.271. The molecule has 2 aromatic rings. The first kappa shape index (κ1) is 14.2. The third kappa shape index (κ3) is 3.68. The minimum absolute atomic E-state index is 0.259. The van der Waals surface area contributed by atoms with Crippen LogP contribution in [0.2, 0.25) is 0 Å². The fraction of sp³-hybridized carbons (Fsp3) is 0.438. The number of hydrogen-bond donors (Lipinski definition) is 1. The van der Waals surface area contributed by atoms with Crippen molar-refractivity contribution in [3.63, 3.8) is 0 Å². The maximum absolute atomic E-state index is 13.2. The number of ether oxygens (including phenoxy) is 2. The Morgan fingerprint density at radius 2 is 2.33 bits per heavy atom. The second kappa shape index (κ2) is 6.83. The van der Waals surface area contributed by atoms with E-state index in [4.69, 9.17) is 9.47 Å². The minimum Gasteiger partial charge on any atom is -0.382 e. The molecule has 0 radical (unpaired) electrons. The zero-order valence-electron chi connectivity index (χ0n) is 11.8. The standard InChI is InChI=1S/C16H19FN2O2/c17-12-3-4-14-15(5-6-18-16(14)10-12)19-7-9-20-11-13-2-1-8-21-13/h3-6,10,13H,1-2,7-9,11H2,(H,18,19). The lowest BCUT2D eigenvalue weighted by Crippen LogP contribution is -2.17. The number of pyridine rings is 1. The number of aromatic nitrogens is 1. The second-order valence-electron chi connectivity index (χ2n) is 5.16. The summed E-state index contributed by atoms with van der Waals surface area (Å²) >= 11 is 0. The Kier molecular flexibility index (Phi) is 4.62. The number of benzene rings is 1. The molecule has 1 aromatic carbocycles. The highest BCUT2D eigenvalue weighted by atomic mass is 19.1. The van der Waals surface area contributed by atoms with Crippen molar-refractivity contribution in [3.05, 3.63) is 36.3 Å². The SMILES string of the molecule is Fc1ccc2c(NCCOCC3CCCO3)ccnc2c1. The molecule has 0 aliphatic carbocycles. The van der Waals surface area contributed by atoms with Gasteiger partial charge in [0.1, 0.15) is 5.82 Å². The van der Waals surface area contributed by atoms with Crippen molar-refractivity contribution in [2.45, 2.75) is 18.9 Å². The first-order valence-electron chi connectivity index (χ1n) is 7.30. The Morgan fingerprint density at radius 1 is 1.38 bits per heavy atom. The van der Waals surface area contributed by atoms with Crippen molar-refractivity contribution in [1.29, 1.82) is 0 Å². The molecule has 0 bridgehead atoms. The van der Waals surface area contributed by atoms with Crippen molar-refractivity contribution in [1.82, 2.24) is 4.98 Å². The number of rotatable bonds is 6. The van der Waals surface area contributed by atoms with E-state index in [-0.39, 0.29) is 11.9 Å². The van der Waals surface area contributed by atoms with E-state index in [1.165, 1.54) is 12.1 Å². The molecule has 1 aromatic heterocycles. The summed E-state index contributed by atoms with van der Waals surface area (Å²) in [4.78, 5) is 4.17. The van der Waals surface area contributed by atoms with Gasteiger partial charge in [0.15, 0.2) is 0 Å². The topological polar surface area (TPSA) is 43.4 Å². The number of hydrogen-bond acceptors (Lipinski definition) is 4. The lowest BCUT2D eigenvalue weighted by atomic mass is 10.2. The van der Waals surface area contributed by atoms with E-state index in [1.807, 2.05) is 6.07 Å². The number of nitrogens with zero attached hydrogens (tertiary/aromatic N) is 1. The number of halogens is 1. The van der Waals surface area contributed by atoms with Crippen LogP contribution in [0.25, 0.3) is 10.9 Å². The molecular formula is C16H19FN2O2. The fourth-order valence-corrected chi connectivity index (χ4v) is 2.52. The summed E-state index contributed by atoms with van der Waals surface area (Å²) in [6.07, 6.45) is 4.16. The Labute approximate surface area is 123 Å². The van der Waals surface area contributed by atoms with Gasteiger partial charge in [-0.15, -0.1) is 0 Å². The largest absolute Gasteiger partial charge is 0.382 e. The lowest BCUT2D eigenvalue weighted by molar-refractivity contribution is 0.0206. The van der Waals surface area contributed by atoms with E-state index < -0.39 is 0 Å². The first-order valence-corrected chi connectivity index (χ1v) is 7.30. The number of anilines is 1. The molecule has 0 spiro atoms. The Balaban J connectivity index is 1.50. The van der Waals surface area contributed by atoms with Crippen molar-refractivity contribution in [2.75, 3.05) is 31.7 Å². The minimum atomic E-state index is -0.271. The first-order chi connectivity index (χ1) is 10.3. The van der Waals surface area contributed by atoms with Crippen molar-refractivity contribution in [3.8, 4) is 0 Å². The van der Waals surface area contributed by atoms with Gasteiger partial charge in [0.25, 0.3) is 0 Å². The summed E-state index contributed by atoms with van der Waals surface area (Å²) in [6.45, 7) is 2.82. The quantitative estimate of drug-likeness (QED) is 0.831. The van der Waals surface area contributed by atoms with Crippen LogP contribution in [0.1, 0.15) is 12.8 Å².